The van der Waals surface area contributed by atoms with Crippen LogP contribution in [0.5, 0.6) is 5.75 Å². The fourth-order valence-electron chi connectivity index (χ4n) is 2.52. The van der Waals surface area contributed by atoms with Crippen molar-refractivity contribution in [3.63, 3.8) is 0 Å². The molecule has 142 valence electrons. The van der Waals surface area contributed by atoms with E-state index in [9.17, 15) is 18.0 Å². The van der Waals surface area contributed by atoms with E-state index in [1.807, 2.05) is 0 Å². The number of benzene rings is 2. The number of carbonyl (C=O) groups excluding carboxylic acids is 2. The maximum absolute atomic E-state index is 12.5. The summed E-state index contributed by atoms with van der Waals surface area (Å²) in [6.07, 6.45) is -0.188. The summed E-state index contributed by atoms with van der Waals surface area (Å²) in [5.74, 6) is -0.690. The minimum Gasteiger partial charge on any atom is -0.482 e. The molecule has 0 aliphatic carbocycles. The number of rotatable bonds is 6. The van der Waals surface area contributed by atoms with Crippen molar-refractivity contribution in [2.75, 3.05) is 17.7 Å². The van der Waals surface area contributed by atoms with Crippen molar-refractivity contribution in [2.45, 2.75) is 17.9 Å². The van der Waals surface area contributed by atoms with Gasteiger partial charge in [-0.2, -0.15) is 0 Å². The normalized spacial score (nSPS) is 13.3. The molecule has 1 aliphatic rings. The average molecular weight is 409 g/mol. The van der Waals surface area contributed by atoms with E-state index >= 15 is 0 Å². The minimum atomic E-state index is -3.69. The van der Waals surface area contributed by atoms with Crippen LogP contribution < -0.4 is 15.4 Å². The molecule has 2 aromatic carbocycles. The van der Waals surface area contributed by atoms with Crippen molar-refractivity contribution >= 4 is 38.9 Å². The van der Waals surface area contributed by atoms with Crippen LogP contribution in [-0.2, 0) is 26.0 Å². The van der Waals surface area contributed by atoms with Crippen LogP contribution in [0.4, 0.5) is 5.69 Å². The van der Waals surface area contributed by atoms with Crippen LogP contribution in [0.25, 0.3) is 0 Å². The van der Waals surface area contributed by atoms with Crippen LogP contribution in [0.3, 0.4) is 0 Å². The molecule has 0 atom stereocenters. The van der Waals surface area contributed by atoms with Gasteiger partial charge in [-0.1, -0.05) is 29.8 Å². The number of amides is 2. The lowest BCUT2D eigenvalue weighted by Gasteiger charge is -2.18. The first-order chi connectivity index (χ1) is 12.8. The van der Waals surface area contributed by atoms with E-state index in [1.54, 1.807) is 24.3 Å². The molecule has 2 aromatic rings. The fraction of sp³-hybridized carbons (Fsp3) is 0.222. The maximum Gasteiger partial charge on any atom is 0.262 e. The Kier molecular flexibility index (Phi) is 5.67. The summed E-state index contributed by atoms with van der Waals surface area (Å²) in [4.78, 5) is 23.4. The van der Waals surface area contributed by atoms with Gasteiger partial charge >= 0.3 is 0 Å². The highest BCUT2D eigenvalue weighted by Crippen LogP contribution is 2.30. The molecule has 0 spiro atoms. The molecule has 0 aromatic heterocycles. The number of fused-ring (bicyclic) bond motifs is 1. The smallest absolute Gasteiger partial charge is 0.262 e. The average Bonchev–Trinajstić information content (AvgIpc) is 2.65. The highest BCUT2D eigenvalue weighted by atomic mass is 35.5. The quantitative estimate of drug-likeness (QED) is 0.762. The van der Waals surface area contributed by atoms with Crippen molar-refractivity contribution in [3.05, 3.63) is 53.1 Å². The topological polar surface area (TPSA) is 102 Å². The number of ether oxygens (including phenoxy) is 1. The second kappa shape index (κ2) is 7.98. The molecular weight excluding hydrogens is 392 g/mol. The maximum atomic E-state index is 12.5. The Morgan fingerprint density at radius 2 is 2.00 bits per heavy atom. The van der Waals surface area contributed by atoms with Gasteiger partial charge in [-0.3, -0.25) is 9.59 Å². The highest BCUT2D eigenvalue weighted by molar-refractivity contribution is 7.91. The molecule has 1 aliphatic heterocycles. The van der Waals surface area contributed by atoms with E-state index < -0.39 is 15.7 Å². The Labute approximate surface area is 161 Å². The first-order valence-corrected chi connectivity index (χ1v) is 10.2. The van der Waals surface area contributed by atoms with Gasteiger partial charge in [-0.15, -0.1) is 0 Å². The summed E-state index contributed by atoms with van der Waals surface area (Å²) in [6, 6.07) is 11.3. The molecule has 0 unspecified atom stereocenters. The van der Waals surface area contributed by atoms with Gasteiger partial charge in [0.2, 0.25) is 5.91 Å². The number of sulfone groups is 1. The third-order valence-electron chi connectivity index (χ3n) is 3.97. The lowest BCUT2D eigenvalue weighted by molar-refractivity contribution is -0.121. The van der Waals surface area contributed by atoms with E-state index in [1.165, 1.54) is 18.2 Å². The van der Waals surface area contributed by atoms with Crippen LogP contribution in [0.1, 0.15) is 12.0 Å². The van der Waals surface area contributed by atoms with Gasteiger partial charge in [0, 0.05) is 18.0 Å². The number of hydrogen-bond acceptors (Lipinski definition) is 5. The lowest BCUT2D eigenvalue weighted by Crippen LogP contribution is -2.26. The third-order valence-corrected chi connectivity index (χ3v) is 6.06. The van der Waals surface area contributed by atoms with Crippen LogP contribution in [-0.4, -0.2) is 32.6 Å². The molecule has 0 fully saturated rings. The molecule has 0 saturated heterocycles. The molecule has 3 rings (SSSR count). The van der Waals surface area contributed by atoms with E-state index in [-0.39, 0.29) is 36.1 Å². The summed E-state index contributed by atoms with van der Waals surface area (Å²) >= 11 is 6.02. The number of hydrogen-bond donors (Lipinski definition) is 2. The summed E-state index contributed by atoms with van der Waals surface area (Å²) in [7, 11) is -3.69. The van der Waals surface area contributed by atoms with Crippen molar-refractivity contribution in [1.82, 2.24) is 5.32 Å². The van der Waals surface area contributed by atoms with Gasteiger partial charge in [0.25, 0.3) is 5.91 Å². The summed E-state index contributed by atoms with van der Waals surface area (Å²) in [5, 5.41) is 5.75. The monoisotopic (exact) mass is 408 g/mol. The second-order valence-corrected chi connectivity index (χ2v) is 8.45. The first-order valence-electron chi connectivity index (χ1n) is 8.15. The fourth-order valence-corrected chi connectivity index (χ4v) is 3.99. The number of nitrogens with one attached hydrogen (secondary N) is 2. The Morgan fingerprint density at radius 1 is 1.22 bits per heavy atom. The van der Waals surface area contributed by atoms with Gasteiger partial charge in [0.15, 0.2) is 16.4 Å². The molecule has 1 heterocycles. The molecule has 0 radical (unpaired) electrons. The SMILES string of the molecule is O=C(CCS(=O)(=O)c1ccc2c(c1)NC(=O)CO2)NCc1ccccc1Cl. The van der Waals surface area contributed by atoms with Gasteiger partial charge in [0.1, 0.15) is 5.75 Å². The number of halogens is 1. The largest absolute Gasteiger partial charge is 0.482 e. The Hall–Kier alpha value is -2.58. The lowest BCUT2D eigenvalue weighted by atomic mass is 10.2. The van der Waals surface area contributed by atoms with Gasteiger partial charge in [-0.25, -0.2) is 8.42 Å². The van der Waals surface area contributed by atoms with Crippen molar-refractivity contribution in [2.24, 2.45) is 0 Å². The molecule has 27 heavy (non-hydrogen) atoms. The molecule has 9 heteroatoms. The predicted molar refractivity (Wildman–Crippen MR) is 101 cm³/mol. The predicted octanol–water partition coefficient (Wildman–Crippen LogP) is 2.15. The zero-order valence-corrected chi connectivity index (χ0v) is 15.8. The highest BCUT2D eigenvalue weighted by Gasteiger charge is 2.21. The van der Waals surface area contributed by atoms with Crippen molar-refractivity contribution in [1.29, 1.82) is 0 Å². The number of anilines is 1. The summed E-state index contributed by atoms with van der Waals surface area (Å²) in [6.45, 7) is 0.117. The van der Waals surface area contributed by atoms with Crippen LogP contribution in [0.15, 0.2) is 47.4 Å². The van der Waals surface area contributed by atoms with Crippen LogP contribution >= 0.6 is 11.6 Å². The molecule has 2 amide bonds. The molecule has 2 N–H and O–H groups in total. The summed E-state index contributed by atoms with van der Waals surface area (Å²) < 4.78 is 30.2. The molecule has 0 bridgehead atoms. The van der Waals surface area contributed by atoms with E-state index in [2.05, 4.69) is 10.6 Å². The van der Waals surface area contributed by atoms with E-state index in [4.69, 9.17) is 16.3 Å². The standard InChI is InChI=1S/C18H17ClN2O5S/c19-14-4-2-1-3-12(14)10-20-17(22)7-8-27(24,25)13-5-6-16-15(9-13)21-18(23)11-26-16/h1-6,9H,7-8,10-11H2,(H,20,22)(H,21,23). The Balaban J connectivity index is 1.60. The second-order valence-electron chi connectivity index (χ2n) is 5.93. The zero-order valence-electron chi connectivity index (χ0n) is 14.2. The van der Waals surface area contributed by atoms with Crippen molar-refractivity contribution in [3.8, 4) is 5.75 Å². The van der Waals surface area contributed by atoms with E-state index in [0.29, 0.717) is 16.5 Å². The first kappa shape index (κ1) is 19.2. The minimum absolute atomic E-state index is 0.0194. The number of carbonyl (C=O) groups is 2. The molecule has 7 nitrogen and oxygen atoms in total. The molecule has 0 saturated carbocycles. The summed E-state index contributed by atoms with van der Waals surface area (Å²) in [5.41, 5.74) is 1.05. The van der Waals surface area contributed by atoms with E-state index in [0.717, 1.165) is 5.56 Å². The van der Waals surface area contributed by atoms with Gasteiger partial charge in [0.05, 0.1) is 16.3 Å². The van der Waals surface area contributed by atoms with Gasteiger partial charge < -0.3 is 15.4 Å². The zero-order chi connectivity index (χ0) is 19.4. The third kappa shape index (κ3) is 4.78. The van der Waals surface area contributed by atoms with Crippen molar-refractivity contribution < 1.29 is 22.7 Å². The van der Waals surface area contributed by atoms with Crippen LogP contribution in [0.2, 0.25) is 5.02 Å². The molecular formula is C18H17ClN2O5S. The van der Waals surface area contributed by atoms with Gasteiger partial charge in [-0.05, 0) is 29.8 Å². The Morgan fingerprint density at radius 3 is 2.78 bits per heavy atom. The van der Waals surface area contributed by atoms with Crippen LogP contribution in [0, 0.1) is 0 Å². The Bertz CT molecular complexity index is 991.